The molecule has 124 valence electrons. The fraction of sp³-hybridized carbons (Fsp3) is 1.00. The molecule has 1 aliphatic heterocycles. The Morgan fingerprint density at radius 1 is 0.905 bits per heavy atom. The van der Waals surface area contributed by atoms with E-state index in [1.54, 1.807) is 0 Å². The van der Waals surface area contributed by atoms with E-state index >= 15 is 0 Å². The minimum Gasteiger partial charge on any atom is -0.312 e. The van der Waals surface area contributed by atoms with Crippen molar-refractivity contribution in [3.05, 3.63) is 0 Å². The lowest BCUT2D eigenvalue weighted by Gasteiger charge is -2.45. The van der Waals surface area contributed by atoms with Crippen LogP contribution in [-0.4, -0.2) is 36.1 Å². The first-order chi connectivity index (χ1) is 9.67. The molecule has 2 nitrogen and oxygen atoms in total. The zero-order valence-electron chi connectivity index (χ0n) is 15.3. The van der Waals surface area contributed by atoms with Crippen molar-refractivity contribution in [2.45, 2.75) is 85.2 Å². The van der Waals surface area contributed by atoms with E-state index in [2.05, 4.69) is 51.8 Å². The molecule has 3 unspecified atom stereocenters. The standard InChI is InChI=1S/C19H38N2/c1-18(2,3)16-8-7-12-21(13-11-16)17-10-9-15(17)14-20-19(4,5)6/h15-17,20H,7-14H2,1-6H3. The van der Waals surface area contributed by atoms with Gasteiger partial charge in [-0.2, -0.15) is 0 Å². The quantitative estimate of drug-likeness (QED) is 0.835. The Bertz CT molecular complexity index is 323. The first-order valence-electron chi connectivity index (χ1n) is 9.16. The van der Waals surface area contributed by atoms with Crippen LogP contribution in [0.3, 0.4) is 0 Å². The zero-order valence-corrected chi connectivity index (χ0v) is 15.3. The van der Waals surface area contributed by atoms with Gasteiger partial charge in [0.25, 0.3) is 0 Å². The van der Waals surface area contributed by atoms with E-state index in [4.69, 9.17) is 0 Å². The van der Waals surface area contributed by atoms with Gasteiger partial charge in [-0.25, -0.2) is 0 Å². The zero-order chi connectivity index (χ0) is 15.7. The number of rotatable bonds is 3. The molecule has 1 heterocycles. The highest BCUT2D eigenvalue weighted by Gasteiger charge is 2.37. The maximum atomic E-state index is 3.71. The van der Waals surface area contributed by atoms with Crippen LogP contribution in [0.1, 0.15) is 73.6 Å². The second kappa shape index (κ2) is 6.58. The van der Waals surface area contributed by atoms with Crippen molar-refractivity contribution in [1.29, 1.82) is 0 Å². The molecular weight excluding hydrogens is 256 g/mol. The molecule has 0 spiro atoms. The lowest BCUT2D eigenvalue weighted by Crippen LogP contribution is -2.53. The third-order valence-electron chi connectivity index (χ3n) is 5.73. The topological polar surface area (TPSA) is 15.3 Å². The average molecular weight is 295 g/mol. The van der Waals surface area contributed by atoms with Gasteiger partial charge in [0.1, 0.15) is 0 Å². The summed E-state index contributed by atoms with van der Waals surface area (Å²) < 4.78 is 0. The normalized spacial score (nSPS) is 32.6. The van der Waals surface area contributed by atoms with Crippen molar-refractivity contribution in [2.24, 2.45) is 17.3 Å². The van der Waals surface area contributed by atoms with Gasteiger partial charge in [0.05, 0.1) is 0 Å². The predicted molar refractivity (Wildman–Crippen MR) is 92.6 cm³/mol. The Morgan fingerprint density at radius 2 is 1.62 bits per heavy atom. The Hall–Kier alpha value is -0.0800. The first-order valence-corrected chi connectivity index (χ1v) is 9.16. The van der Waals surface area contributed by atoms with E-state index in [0.717, 1.165) is 17.9 Å². The fourth-order valence-corrected chi connectivity index (χ4v) is 4.02. The van der Waals surface area contributed by atoms with Gasteiger partial charge < -0.3 is 10.2 Å². The molecular formula is C19H38N2. The molecule has 3 atom stereocenters. The first kappa shape index (κ1) is 17.3. The largest absolute Gasteiger partial charge is 0.312 e. The lowest BCUT2D eigenvalue weighted by atomic mass is 9.76. The van der Waals surface area contributed by atoms with Crippen LogP contribution in [-0.2, 0) is 0 Å². The molecule has 21 heavy (non-hydrogen) atoms. The van der Waals surface area contributed by atoms with Crippen molar-refractivity contribution < 1.29 is 0 Å². The van der Waals surface area contributed by atoms with Gasteiger partial charge in [0.15, 0.2) is 0 Å². The van der Waals surface area contributed by atoms with Crippen LogP contribution < -0.4 is 5.32 Å². The van der Waals surface area contributed by atoms with E-state index in [1.165, 1.54) is 51.7 Å². The number of likely N-dealkylation sites (tertiary alicyclic amines) is 1. The third-order valence-corrected chi connectivity index (χ3v) is 5.73. The highest BCUT2D eigenvalue weighted by molar-refractivity contribution is 4.93. The maximum Gasteiger partial charge on any atom is 0.0136 e. The molecule has 2 heteroatoms. The summed E-state index contributed by atoms with van der Waals surface area (Å²) in [6.45, 7) is 18.0. The fourth-order valence-electron chi connectivity index (χ4n) is 4.02. The second-order valence-electron chi connectivity index (χ2n) is 9.57. The van der Waals surface area contributed by atoms with Crippen molar-refractivity contribution in [2.75, 3.05) is 19.6 Å². The van der Waals surface area contributed by atoms with Crippen LogP contribution in [0.4, 0.5) is 0 Å². The summed E-state index contributed by atoms with van der Waals surface area (Å²) in [5, 5.41) is 3.71. The molecule has 2 rings (SSSR count). The van der Waals surface area contributed by atoms with Gasteiger partial charge in [-0.1, -0.05) is 20.8 Å². The summed E-state index contributed by atoms with van der Waals surface area (Å²) in [4.78, 5) is 2.82. The molecule has 0 aromatic heterocycles. The van der Waals surface area contributed by atoms with Gasteiger partial charge in [-0.15, -0.1) is 0 Å². The van der Waals surface area contributed by atoms with Crippen molar-refractivity contribution >= 4 is 0 Å². The highest BCUT2D eigenvalue weighted by atomic mass is 15.2. The molecule has 0 amide bonds. The molecule has 0 bridgehead atoms. The van der Waals surface area contributed by atoms with Crippen molar-refractivity contribution in [1.82, 2.24) is 10.2 Å². The van der Waals surface area contributed by atoms with E-state index in [-0.39, 0.29) is 5.54 Å². The molecule has 1 N–H and O–H groups in total. The van der Waals surface area contributed by atoms with Crippen LogP contribution in [0.5, 0.6) is 0 Å². The van der Waals surface area contributed by atoms with Crippen molar-refractivity contribution in [3.63, 3.8) is 0 Å². The predicted octanol–water partition coefficient (Wildman–Crippen LogP) is 4.30. The smallest absolute Gasteiger partial charge is 0.0136 e. The summed E-state index contributed by atoms with van der Waals surface area (Å²) in [6, 6.07) is 0.860. The Balaban J connectivity index is 1.82. The summed E-state index contributed by atoms with van der Waals surface area (Å²) in [7, 11) is 0. The monoisotopic (exact) mass is 294 g/mol. The van der Waals surface area contributed by atoms with Crippen LogP contribution in [0.2, 0.25) is 0 Å². The van der Waals surface area contributed by atoms with Gasteiger partial charge in [-0.05, 0) is 89.8 Å². The van der Waals surface area contributed by atoms with Crippen LogP contribution in [0.25, 0.3) is 0 Å². The van der Waals surface area contributed by atoms with Crippen LogP contribution in [0, 0.1) is 17.3 Å². The number of hydrogen-bond donors (Lipinski definition) is 1. The summed E-state index contributed by atoms with van der Waals surface area (Å²) in [6.07, 6.45) is 7.08. The van der Waals surface area contributed by atoms with Gasteiger partial charge in [0.2, 0.25) is 0 Å². The number of nitrogens with one attached hydrogen (secondary N) is 1. The minimum atomic E-state index is 0.260. The molecule has 1 aliphatic carbocycles. The summed E-state index contributed by atoms with van der Waals surface area (Å²) in [5.74, 6) is 1.80. The molecule has 2 fully saturated rings. The highest BCUT2D eigenvalue weighted by Crippen LogP contribution is 2.38. The lowest BCUT2D eigenvalue weighted by molar-refractivity contribution is 0.0584. The Labute approximate surface area is 133 Å². The Kier molecular flexibility index (Phi) is 5.41. The molecule has 1 saturated heterocycles. The van der Waals surface area contributed by atoms with Gasteiger partial charge >= 0.3 is 0 Å². The molecule has 0 aromatic carbocycles. The second-order valence-corrected chi connectivity index (χ2v) is 9.57. The molecule has 1 saturated carbocycles. The van der Waals surface area contributed by atoms with Crippen LogP contribution >= 0.6 is 0 Å². The van der Waals surface area contributed by atoms with E-state index in [9.17, 15) is 0 Å². The van der Waals surface area contributed by atoms with Crippen molar-refractivity contribution in [3.8, 4) is 0 Å². The molecule has 0 radical (unpaired) electrons. The average Bonchev–Trinajstić information content (AvgIpc) is 2.51. The third kappa shape index (κ3) is 4.96. The van der Waals surface area contributed by atoms with Gasteiger partial charge in [-0.3, -0.25) is 0 Å². The van der Waals surface area contributed by atoms with E-state index in [0.29, 0.717) is 5.41 Å². The van der Waals surface area contributed by atoms with Crippen LogP contribution in [0.15, 0.2) is 0 Å². The van der Waals surface area contributed by atoms with Gasteiger partial charge in [0, 0.05) is 11.6 Å². The number of nitrogens with zero attached hydrogens (tertiary/aromatic N) is 1. The summed E-state index contributed by atoms with van der Waals surface area (Å²) >= 11 is 0. The maximum absolute atomic E-state index is 3.71. The molecule has 0 aromatic rings. The molecule has 2 aliphatic rings. The summed E-state index contributed by atoms with van der Waals surface area (Å²) in [5.41, 5.74) is 0.749. The Morgan fingerprint density at radius 3 is 2.14 bits per heavy atom. The van der Waals surface area contributed by atoms with E-state index < -0.39 is 0 Å². The minimum absolute atomic E-state index is 0.260. The van der Waals surface area contributed by atoms with E-state index in [1.807, 2.05) is 0 Å². The number of hydrogen-bond acceptors (Lipinski definition) is 2. The SMILES string of the molecule is CC(C)(C)NCC1CCC1N1CCCC(C(C)(C)C)CC1.